The third-order valence-corrected chi connectivity index (χ3v) is 5.11. The van der Waals surface area contributed by atoms with Crippen LogP contribution in [-0.2, 0) is 24.2 Å². The van der Waals surface area contributed by atoms with Crippen LogP contribution in [0.3, 0.4) is 0 Å². The third kappa shape index (κ3) is 3.81. The van der Waals surface area contributed by atoms with Crippen LogP contribution in [0.5, 0.6) is 0 Å². The van der Waals surface area contributed by atoms with Crippen molar-refractivity contribution in [2.45, 2.75) is 51.1 Å². The van der Waals surface area contributed by atoms with E-state index in [0.29, 0.717) is 0 Å². The van der Waals surface area contributed by atoms with E-state index in [9.17, 15) is 4.79 Å². The summed E-state index contributed by atoms with van der Waals surface area (Å²) in [7, 11) is 0. The molecule has 1 saturated heterocycles. The molecule has 1 aliphatic heterocycles. The number of carbonyl (C=O) groups is 1. The maximum atomic E-state index is 12.1. The molecular formula is C18H24N6O. The molecule has 2 aromatic heterocycles. The molecule has 0 unspecified atom stereocenters. The summed E-state index contributed by atoms with van der Waals surface area (Å²) in [6.45, 7) is 2.09. The summed E-state index contributed by atoms with van der Waals surface area (Å²) in [5.41, 5.74) is 2.54. The molecule has 1 fully saturated rings. The molecule has 4 rings (SSSR count). The third-order valence-electron chi connectivity index (χ3n) is 5.11. The number of hydrogen-bond donors (Lipinski definition) is 1. The van der Waals surface area contributed by atoms with E-state index >= 15 is 0 Å². The molecule has 3 heterocycles. The molecule has 2 aromatic rings. The second-order valence-corrected chi connectivity index (χ2v) is 6.91. The van der Waals surface area contributed by atoms with E-state index in [1.165, 1.54) is 24.1 Å². The first-order valence-electron chi connectivity index (χ1n) is 9.15. The number of fused-ring (bicyclic) bond motifs is 1. The van der Waals surface area contributed by atoms with Crippen molar-refractivity contribution >= 4 is 11.7 Å². The van der Waals surface area contributed by atoms with E-state index in [-0.39, 0.29) is 18.5 Å². The largest absolute Gasteiger partial charge is 0.355 e. The van der Waals surface area contributed by atoms with Crippen molar-refractivity contribution in [3.8, 4) is 0 Å². The van der Waals surface area contributed by atoms with Gasteiger partial charge in [0, 0.05) is 31.5 Å². The van der Waals surface area contributed by atoms with Crippen LogP contribution < -0.4 is 10.2 Å². The van der Waals surface area contributed by atoms with E-state index in [0.717, 1.165) is 44.6 Å². The van der Waals surface area contributed by atoms with E-state index in [1.807, 2.05) is 6.07 Å². The van der Waals surface area contributed by atoms with Gasteiger partial charge in [0.05, 0.1) is 5.69 Å². The molecule has 1 N–H and O–H groups in total. The van der Waals surface area contributed by atoms with Crippen molar-refractivity contribution < 1.29 is 4.79 Å². The van der Waals surface area contributed by atoms with Crippen LogP contribution in [0.4, 0.5) is 5.82 Å². The topological polar surface area (TPSA) is 75.9 Å². The number of piperidine rings is 1. The van der Waals surface area contributed by atoms with Crippen LogP contribution in [0.1, 0.15) is 36.9 Å². The van der Waals surface area contributed by atoms with Crippen LogP contribution >= 0.6 is 0 Å². The minimum Gasteiger partial charge on any atom is -0.355 e. The number of nitrogens with zero attached hydrogens (tertiary/aromatic N) is 5. The van der Waals surface area contributed by atoms with Crippen molar-refractivity contribution in [3.05, 3.63) is 35.8 Å². The van der Waals surface area contributed by atoms with Gasteiger partial charge in [0.25, 0.3) is 0 Å². The summed E-state index contributed by atoms with van der Waals surface area (Å²) in [5, 5.41) is 16.0. The highest BCUT2D eigenvalue weighted by Crippen LogP contribution is 2.24. The Morgan fingerprint density at radius 1 is 1.20 bits per heavy atom. The van der Waals surface area contributed by atoms with Crippen LogP contribution in [0, 0.1) is 0 Å². The Balaban J connectivity index is 1.30. The van der Waals surface area contributed by atoms with E-state index < -0.39 is 0 Å². The van der Waals surface area contributed by atoms with Gasteiger partial charge < -0.3 is 10.2 Å². The van der Waals surface area contributed by atoms with E-state index in [4.69, 9.17) is 0 Å². The average Bonchev–Trinajstić information content (AvgIpc) is 3.15. The monoisotopic (exact) mass is 340 g/mol. The zero-order valence-corrected chi connectivity index (χ0v) is 14.4. The lowest BCUT2D eigenvalue weighted by Crippen LogP contribution is -2.45. The number of aryl methyl sites for hydroxylation is 2. The van der Waals surface area contributed by atoms with Crippen LogP contribution in [0.25, 0.3) is 0 Å². The SMILES string of the molecule is O=C(Cn1cccn1)NC1CCN(c2cc3c(nn2)CCCC3)CC1. The number of amides is 1. The lowest BCUT2D eigenvalue weighted by molar-refractivity contribution is -0.122. The lowest BCUT2D eigenvalue weighted by Gasteiger charge is -2.33. The summed E-state index contributed by atoms with van der Waals surface area (Å²) in [6.07, 6.45) is 10.0. The Bertz CT molecular complexity index is 721. The van der Waals surface area contributed by atoms with Gasteiger partial charge >= 0.3 is 0 Å². The standard InChI is InChI=1S/C18H24N6O/c25-18(13-24-9-3-8-19-24)20-15-6-10-23(11-7-15)17-12-14-4-1-2-5-16(14)21-22-17/h3,8-9,12,15H,1-2,4-7,10-11,13H2,(H,20,25). The second kappa shape index (κ2) is 7.21. The molecule has 25 heavy (non-hydrogen) atoms. The Kier molecular flexibility index (Phi) is 4.63. The fourth-order valence-electron chi connectivity index (χ4n) is 3.70. The van der Waals surface area contributed by atoms with Gasteiger partial charge in [-0.2, -0.15) is 10.2 Å². The fourth-order valence-corrected chi connectivity index (χ4v) is 3.70. The molecule has 0 atom stereocenters. The van der Waals surface area contributed by atoms with Gasteiger partial charge in [-0.05, 0) is 56.2 Å². The van der Waals surface area contributed by atoms with Gasteiger partial charge in [0.1, 0.15) is 6.54 Å². The minimum atomic E-state index is 0.0238. The highest BCUT2D eigenvalue weighted by atomic mass is 16.2. The molecule has 1 amide bonds. The number of anilines is 1. The van der Waals surface area contributed by atoms with Gasteiger partial charge in [-0.15, -0.1) is 5.10 Å². The van der Waals surface area contributed by atoms with Crippen molar-refractivity contribution in [1.29, 1.82) is 0 Å². The molecule has 0 spiro atoms. The maximum absolute atomic E-state index is 12.1. The second-order valence-electron chi connectivity index (χ2n) is 6.91. The van der Waals surface area contributed by atoms with Gasteiger partial charge in [-0.3, -0.25) is 9.48 Å². The predicted octanol–water partition coefficient (Wildman–Crippen LogP) is 1.34. The first-order valence-corrected chi connectivity index (χ1v) is 9.15. The van der Waals surface area contributed by atoms with Gasteiger partial charge in [-0.1, -0.05) is 0 Å². The fraction of sp³-hybridized carbons (Fsp3) is 0.556. The molecule has 132 valence electrons. The summed E-state index contributed by atoms with van der Waals surface area (Å²) in [5.74, 6) is 1.01. The Morgan fingerprint density at radius 3 is 2.84 bits per heavy atom. The number of rotatable bonds is 4. The normalized spacial score (nSPS) is 18.0. The molecule has 7 heteroatoms. The first-order chi connectivity index (χ1) is 12.3. The van der Waals surface area contributed by atoms with Gasteiger partial charge in [0.2, 0.25) is 5.91 Å². The molecular weight excluding hydrogens is 316 g/mol. The van der Waals surface area contributed by atoms with Crippen molar-refractivity contribution in [2.24, 2.45) is 0 Å². The van der Waals surface area contributed by atoms with Crippen molar-refractivity contribution in [3.63, 3.8) is 0 Å². The van der Waals surface area contributed by atoms with Gasteiger partial charge in [0.15, 0.2) is 5.82 Å². The maximum Gasteiger partial charge on any atom is 0.241 e. The number of hydrogen-bond acceptors (Lipinski definition) is 5. The molecule has 0 radical (unpaired) electrons. The van der Waals surface area contributed by atoms with Crippen molar-refractivity contribution in [1.82, 2.24) is 25.3 Å². The summed E-state index contributed by atoms with van der Waals surface area (Å²) >= 11 is 0. The zero-order valence-electron chi connectivity index (χ0n) is 14.4. The molecule has 2 aliphatic rings. The van der Waals surface area contributed by atoms with Crippen molar-refractivity contribution in [2.75, 3.05) is 18.0 Å². The highest BCUT2D eigenvalue weighted by Gasteiger charge is 2.23. The molecule has 0 bridgehead atoms. The predicted molar refractivity (Wildman–Crippen MR) is 94.3 cm³/mol. The molecule has 7 nitrogen and oxygen atoms in total. The number of aromatic nitrogens is 4. The molecule has 1 aliphatic carbocycles. The van der Waals surface area contributed by atoms with Crippen LogP contribution in [0.15, 0.2) is 24.5 Å². The van der Waals surface area contributed by atoms with E-state index in [1.54, 1.807) is 17.1 Å². The summed E-state index contributed by atoms with van der Waals surface area (Å²) < 4.78 is 1.65. The van der Waals surface area contributed by atoms with Crippen LogP contribution in [0.2, 0.25) is 0 Å². The first kappa shape index (κ1) is 16.1. The Hall–Kier alpha value is -2.44. The molecule has 0 saturated carbocycles. The lowest BCUT2D eigenvalue weighted by atomic mass is 9.96. The Labute approximate surface area is 147 Å². The van der Waals surface area contributed by atoms with Gasteiger partial charge in [-0.25, -0.2) is 0 Å². The summed E-state index contributed by atoms with van der Waals surface area (Å²) in [6, 6.07) is 4.27. The van der Waals surface area contributed by atoms with Crippen LogP contribution in [-0.4, -0.2) is 45.0 Å². The summed E-state index contributed by atoms with van der Waals surface area (Å²) in [4.78, 5) is 14.4. The van der Waals surface area contributed by atoms with E-state index in [2.05, 4.69) is 31.6 Å². The number of carbonyl (C=O) groups excluding carboxylic acids is 1. The minimum absolute atomic E-state index is 0.0238. The quantitative estimate of drug-likeness (QED) is 0.909. The number of nitrogens with one attached hydrogen (secondary N) is 1. The smallest absolute Gasteiger partial charge is 0.241 e. The zero-order chi connectivity index (χ0) is 17.1. The Morgan fingerprint density at radius 2 is 2.04 bits per heavy atom. The highest BCUT2D eigenvalue weighted by molar-refractivity contribution is 5.76. The average molecular weight is 340 g/mol. The molecule has 0 aromatic carbocycles.